The third-order valence-corrected chi connectivity index (χ3v) is 2.54. The van der Waals surface area contributed by atoms with Gasteiger partial charge in [0.05, 0.1) is 18.3 Å². The molecule has 1 N–H and O–H groups in total. The molecule has 1 atom stereocenters. The van der Waals surface area contributed by atoms with Gasteiger partial charge in [-0.1, -0.05) is 13.8 Å². The Labute approximate surface area is 99.0 Å². The van der Waals surface area contributed by atoms with Crippen molar-refractivity contribution in [3.63, 3.8) is 0 Å². The van der Waals surface area contributed by atoms with Gasteiger partial charge in [0.15, 0.2) is 0 Å². The van der Waals surface area contributed by atoms with Crippen molar-refractivity contribution in [2.24, 2.45) is 0 Å². The van der Waals surface area contributed by atoms with Gasteiger partial charge in [0.25, 0.3) is 0 Å². The number of rotatable bonds is 6. The lowest BCUT2D eigenvalue weighted by Crippen LogP contribution is -2.33. The maximum absolute atomic E-state index is 12.4. The van der Waals surface area contributed by atoms with Crippen LogP contribution in [0.25, 0.3) is 0 Å². The van der Waals surface area contributed by atoms with Crippen LogP contribution in [0.5, 0.6) is 0 Å². The monoisotopic (exact) mass is 249 g/mol. The SMILES string of the molecule is CCCNC(CC)Cn1cc(C(F)(F)F)cn1. The second-order valence-electron chi connectivity index (χ2n) is 4.01. The molecule has 98 valence electrons. The number of alkyl halides is 3. The molecule has 1 aromatic rings. The molecule has 0 aliphatic rings. The number of nitrogens with zero attached hydrogens (tertiary/aromatic N) is 2. The van der Waals surface area contributed by atoms with E-state index in [0.29, 0.717) is 6.54 Å². The lowest BCUT2D eigenvalue weighted by atomic mass is 10.2. The highest BCUT2D eigenvalue weighted by Gasteiger charge is 2.32. The van der Waals surface area contributed by atoms with E-state index in [2.05, 4.69) is 17.3 Å². The van der Waals surface area contributed by atoms with Crippen LogP contribution in [-0.2, 0) is 12.7 Å². The molecule has 3 nitrogen and oxygen atoms in total. The molecular formula is C11H18F3N3. The lowest BCUT2D eigenvalue weighted by Gasteiger charge is -2.16. The Morgan fingerprint density at radius 2 is 2.12 bits per heavy atom. The number of aromatic nitrogens is 2. The highest BCUT2D eigenvalue weighted by Crippen LogP contribution is 2.28. The van der Waals surface area contributed by atoms with E-state index in [4.69, 9.17) is 0 Å². The fourth-order valence-electron chi connectivity index (χ4n) is 1.52. The van der Waals surface area contributed by atoms with Crippen LogP contribution in [0.1, 0.15) is 32.3 Å². The Kier molecular flexibility index (Phi) is 4.99. The molecule has 0 saturated heterocycles. The average molecular weight is 249 g/mol. The lowest BCUT2D eigenvalue weighted by molar-refractivity contribution is -0.137. The van der Waals surface area contributed by atoms with E-state index in [-0.39, 0.29) is 6.04 Å². The van der Waals surface area contributed by atoms with E-state index in [1.54, 1.807) is 0 Å². The third-order valence-electron chi connectivity index (χ3n) is 2.54. The molecule has 17 heavy (non-hydrogen) atoms. The van der Waals surface area contributed by atoms with Crippen molar-refractivity contribution in [3.8, 4) is 0 Å². The Bertz CT molecular complexity index is 333. The van der Waals surface area contributed by atoms with Crippen LogP contribution >= 0.6 is 0 Å². The molecule has 0 aromatic carbocycles. The van der Waals surface area contributed by atoms with Gasteiger partial charge < -0.3 is 5.32 Å². The zero-order valence-electron chi connectivity index (χ0n) is 10.1. The molecule has 0 amide bonds. The van der Waals surface area contributed by atoms with Gasteiger partial charge in [0.2, 0.25) is 0 Å². The molecule has 0 aliphatic heterocycles. The second kappa shape index (κ2) is 6.05. The van der Waals surface area contributed by atoms with Crippen LogP contribution in [0.4, 0.5) is 13.2 Å². The van der Waals surface area contributed by atoms with E-state index >= 15 is 0 Å². The Hall–Kier alpha value is -1.04. The van der Waals surface area contributed by atoms with Crippen molar-refractivity contribution in [1.82, 2.24) is 15.1 Å². The van der Waals surface area contributed by atoms with Gasteiger partial charge in [-0.05, 0) is 19.4 Å². The van der Waals surface area contributed by atoms with Crippen molar-refractivity contribution < 1.29 is 13.2 Å². The number of hydrogen-bond donors (Lipinski definition) is 1. The largest absolute Gasteiger partial charge is 0.419 e. The first-order valence-corrected chi connectivity index (χ1v) is 5.80. The van der Waals surface area contributed by atoms with Crippen LogP contribution in [-0.4, -0.2) is 22.4 Å². The topological polar surface area (TPSA) is 29.9 Å². The maximum atomic E-state index is 12.4. The van der Waals surface area contributed by atoms with Crippen molar-refractivity contribution in [2.75, 3.05) is 6.54 Å². The molecule has 1 rings (SSSR count). The molecule has 6 heteroatoms. The Morgan fingerprint density at radius 1 is 1.41 bits per heavy atom. The predicted molar refractivity (Wildman–Crippen MR) is 59.6 cm³/mol. The minimum atomic E-state index is -4.31. The summed E-state index contributed by atoms with van der Waals surface area (Å²) < 4.78 is 38.4. The smallest absolute Gasteiger partial charge is 0.312 e. The maximum Gasteiger partial charge on any atom is 0.419 e. The Morgan fingerprint density at radius 3 is 2.59 bits per heavy atom. The van der Waals surface area contributed by atoms with E-state index in [1.165, 1.54) is 4.68 Å². The molecule has 0 bridgehead atoms. The van der Waals surface area contributed by atoms with Crippen molar-refractivity contribution >= 4 is 0 Å². The quantitative estimate of drug-likeness (QED) is 0.840. The normalized spacial score (nSPS) is 13.9. The summed E-state index contributed by atoms with van der Waals surface area (Å²) in [5.74, 6) is 0. The van der Waals surface area contributed by atoms with Gasteiger partial charge in [0, 0.05) is 12.2 Å². The van der Waals surface area contributed by atoms with Gasteiger partial charge in [0.1, 0.15) is 0 Å². The van der Waals surface area contributed by atoms with E-state index in [1.807, 2.05) is 6.92 Å². The van der Waals surface area contributed by atoms with E-state index < -0.39 is 11.7 Å². The fourth-order valence-corrected chi connectivity index (χ4v) is 1.52. The number of hydrogen-bond acceptors (Lipinski definition) is 2. The van der Waals surface area contributed by atoms with Crippen LogP contribution in [0, 0.1) is 0 Å². The second-order valence-corrected chi connectivity index (χ2v) is 4.01. The first kappa shape index (κ1) is 14.0. The van der Waals surface area contributed by atoms with Gasteiger partial charge >= 0.3 is 6.18 Å². The summed E-state index contributed by atoms with van der Waals surface area (Å²) in [4.78, 5) is 0. The van der Waals surface area contributed by atoms with Crippen LogP contribution in [0.3, 0.4) is 0 Å². The Balaban J connectivity index is 2.58. The molecule has 0 aliphatic carbocycles. The number of nitrogens with one attached hydrogen (secondary N) is 1. The van der Waals surface area contributed by atoms with Crippen molar-refractivity contribution in [3.05, 3.63) is 18.0 Å². The van der Waals surface area contributed by atoms with Gasteiger partial charge in [-0.2, -0.15) is 18.3 Å². The van der Waals surface area contributed by atoms with Crippen LogP contribution in [0.15, 0.2) is 12.4 Å². The van der Waals surface area contributed by atoms with Gasteiger partial charge in [-0.3, -0.25) is 4.68 Å². The highest BCUT2D eigenvalue weighted by atomic mass is 19.4. The van der Waals surface area contributed by atoms with E-state index in [0.717, 1.165) is 31.8 Å². The molecule has 0 saturated carbocycles. The molecule has 1 unspecified atom stereocenters. The molecule has 0 radical (unpaired) electrons. The van der Waals surface area contributed by atoms with Crippen molar-refractivity contribution in [1.29, 1.82) is 0 Å². The standard InChI is InChI=1S/C11H18F3N3/c1-3-5-15-10(4-2)8-17-7-9(6-16-17)11(12,13)14/h6-7,10,15H,3-5,8H2,1-2H3. The summed E-state index contributed by atoms with van der Waals surface area (Å²) in [5.41, 5.74) is -0.692. The summed E-state index contributed by atoms with van der Waals surface area (Å²) >= 11 is 0. The zero-order valence-corrected chi connectivity index (χ0v) is 10.1. The molecule has 0 spiro atoms. The van der Waals surface area contributed by atoms with Crippen molar-refractivity contribution in [2.45, 2.75) is 45.5 Å². The third kappa shape index (κ3) is 4.38. The summed E-state index contributed by atoms with van der Waals surface area (Å²) in [7, 11) is 0. The summed E-state index contributed by atoms with van der Waals surface area (Å²) in [6.45, 7) is 5.38. The first-order chi connectivity index (χ1) is 7.97. The van der Waals surface area contributed by atoms with Crippen LogP contribution in [0.2, 0.25) is 0 Å². The molecule has 0 fully saturated rings. The zero-order chi connectivity index (χ0) is 12.9. The van der Waals surface area contributed by atoms with E-state index in [9.17, 15) is 13.2 Å². The first-order valence-electron chi connectivity index (χ1n) is 5.80. The van der Waals surface area contributed by atoms with Gasteiger partial charge in [-0.15, -0.1) is 0 Å². The summed E-state index contributed by atoms with van der Waals surface area (Å²) in [6, 6.07) is 0.163. The average Bonchev–Trinajstić information content (AvgIpc) is 2.72. The van der Waals surface area contributed by atoms with Crippen LogP contribution < -0.4 is 5.32 Å². The minimum Gasteiger partial charge on any atom is -0.312 e. The summed E-state index contributed by atoms with van der Waals surface area (Å²) in [6.07, 6.45) is -0.524. The molecular weight excluding hydrogens is 231 g/mol. The minimum absolute atomic E-state index is 0.163. The highest BCUT2D eigenvalue weighted by molar-refractivity contribution is 5.08. The fraction of sp³-hybridized carbons (Fsp3) is 0.727. The molecule has 1 heterocycles. The number of halogens is 3. The summed E-state index contributed by atoms with van der Waals surface area (Å²) in [5, 5.41) is 7.01. The molecule has 1 aromatic heterocycles. The van der Waals surface area contributed by atoms with Gasteiger partial charge in [-0.25, -0.2) is 0 Å². The predicted octanol–water partition coefficient (Wildman–Crippen LogP) is 2.68.